The highest BCUT2D eigenvalue weighted by Gasteiger charge is 2.28. The van der Waals surface area contributed by atoms with Gasteiger partial charge in [-0.2, -0.15) is 0 Å². The first-order valence-electron chi connectivity index (χ1n) is 6.06. The second kappa shape index (κ2) is 4.02. The molecule has 3 rings (SSSR count). The maximum Gasteiger partial charge on any atom is 0.306 e. The smallest absolute Gasteiger partial charge is 0.306 e. The highest BCUT2D eigenvalue weighted by molar-refractivity contribution is 6.31. The van der Waals surface area contributed by atoms with E-state index in [0.717, 1.165) is 22.7 Å². The van der Waals surface area contributed by atoms with Gasteiger partial charge in [0.25, 0.3) is 0 Å². The van der Waals surface area contributed by atoms with E-state index >= 15 is 0 Å². The van der Waals surface area contributed by atoms with Crippen LogP contribution in [-0.4, -0.2) is 15.6 Å². The Hall–Kier alpha value is -1.48. The molecule has 1 atom stereocenters. The molecule has 0 fully saturated rings. The van der Waals surface area contributed by atoms with Gasteiger partial charge in [0.15, 0.2) is 0 Å². The number of benzene rings is 1. The minimum absolute atomic E-state index is 0.254. The van der Waals surface area contributed by atoms with E-state index in [1.54, 1.807) is 0 Å². The van der Waals surface area contributed by atoms with Crippen LogP contribution in [-0.2, 0) is 24.7 Å². The fourth-order valence-corrected chi connectivity index (χ4v) is 3.12. The Morgan fingerprint density at radius 3 is 3.00 bits per heavy atom. The second-order valence-corrected chi connectivity index (χ2v) is 5.36. The number of fused-ring (bicyclic) bond motifs is 3. The van der Waals surface area contributed by atoms with Crippen molar-refractivity contribution in [1.29, 1.82) is 0 Å². The Bertz CT molecular complexity index is 645. The summed E-state index contributed by atoms with van der Waals surface area (Å²) >= 11 is 6.05. The number of hydrogen-bond donors (Lipinski definition) is 1. The van der Waals surface area contributed by atoms with Crippen LogP contribution in [0.3, 0.4) is 0 Å². The van der Waals surface area contributed by atoms with Gasteiger partial charge in [0, 0.05) is 35.1 Å². The lowest BCUT2D eigenvalue weighted by molar-refractivity contribution is -0.142. The molecule has 0 bridgehead atoms. The number of aryl methyl sites for hydroxylation is 2. The van der Waals surface area contributed by atoms with Gasteiger partial charge in [0.05, 0.1) is 5.92 Å². The molecular weight excluding hydrogens is 250 g/mol. The Kier molecular flexibility index (Phi) is 2.59. The number of carbonyl (C=O) groups is 1. The molecule has 0 saturated carbocycles. The molecule has 0 radical (unpaired) electrons. The zero-order valence-electron chi connectivity index (χ0n) is 10.1. The van der Waals surface area contributed by atoms with Crippen LogP contribution in [0.2, 0.25) is 5.02 Å². The molecule has 1 N–H and O–H groups in total. The van der Waals surface area contributed by atoms with Gasteiger partial charge in [-0.1, -0.05) is 11.6 Å². The van der Waals surface area contributed by atoms with Crippen LogP contribution >= 0.6 is 11.6 Å². The van der Waals surface area contributed by atoms with Gasteiger partial charge >= 0.3 is 5.97 Å². The van der Waals surface area contributed by atoms with Crippen molar-refractivity contribution in [3.63, 3.8) is 0 Å². The number of hydrogen-bond acceptors (Lipinski definition) is 1. The number of aliphatic carboxylic acids is 1. The number of carboxylic acids is 1. The SMILES string of the molecule is Cn1c2c(c3cc(Cl)ccc31)CCC(C(=O)O)C2. The fourth-order valence-electron chi connectivity index (χ4n) is 2.95. The van der Waals surface area contributed by atoms with Gasteiger partial charge in [-0.25, -0.2) is 0 Å². The number of aromatic nitrogens is 1. The quantitative estimate of drug-likeness (QED) is 0.859. The van der Waals surface area contributed by atoms with Gasteiger partial charge in [-0.3, -0.25) is 4.79 Å². The minimum atomic E-state index is -0.691. The van der Waals surface area contributed by atoms with E-state index in [-0.39, 0.29) is 5.92 Å². The third kappa shape index (κ3) is 1.62. The molecule has 0 saturated heterocycles. The summed E-state index contributed by atoms with van der Waals surface area (Å²) in [7, 11) is 2.00. The average molecular weight is 264 g/mol. The molecule has 1 heterocycles. The first-order chi connectivity index (χ1) is 8.58. The van der Waals surface area contributed by atoms with Crippen molar-refractivity contribution in [2.75, 3.05) is 0 Å². The standard InChI is InChI=1S/C14H14ClNO2/c1-16-12-5-3-9(15)7-11(12)10-4-2-8(14(17)18)6-13(10)16/h3,5,7-8H,2,4,6H2,1H3,(H,17,18). The van der Waals surface area contributed by atoms with Gasteiger partial charge in [0.1, 0.15) is 0 Å². The number of halogens is 1. The van der Waals surface area contributed by atoms with E-state index in [2.05, 4.69) is 4.57 Å². The van der Waals surface area contributed by atoms with Crippen molar-refractivity contribution in [3.8, 4) is 0 Å². The summed E-state index contributed by atoms with van der Waals surface area (Å²) in [5, 5.41) is 11.0. The summed E-state index contributed by atoms with van der Waals surface area (Å²) in [6.45, 7) is 0. The van der Waals surface area contributed by atoms with E-state index in [1.165, 1.54) is 10.9 Å². The molecule has 1 aliphatic carbocycles. The molecule has 2 aromatic rings. The van der Waals surface area contributed by atoms with Gasteiger partial charge in [0.2, 0.25) is 0 Å². The monoisotopic (exact) mass is 263 g/mol. The van der Waals surface area contributed by atoms with Gasteiger partial charge in [-0.15, -0.1) is 0 Å². The molecule has 0 spiro atoms. The lowest BCUT2D eigenvalue weighted by Gasteiger charge is -2.20. The van der Waals surface area contributed by atoms with Crippen molar-refractivity contribution in [2.24, 2.45) is 13.0 Å². The predicted octanol–water partition coefficient (Wildman–Crippen LogP) is 3.02. The zero-order chi connectivity index (χ0) is 12.9. The molecule has 4 heteroatoms. The van der Waals surface area contributed by atoms with E-state index < -0.39 is 5.97 Å². The van der Waals surface area contributed by atoms with Crippen LogP contribution in [0.5, 0.6) is 0 Å². The number of rotatable bonds is 1. The van der Waals surface area contributed by atoms with Crippen molar-refractivity contribution >= 4 is 28.5 Å². The third-order valence-corrected chi connectivity index (χ3v) is 4.17. The summed E-state index contributed by atoms with van der Waals surface area (Å²) in [6.07, 6.45) is 2.16. The fraction of sp³-hybridized carbons (Fsp3) is 0.357. The molecule has 94 valence electrons. The van der Waals surface area contributed by atoms with Crippen LogP contribution in [0, 0.1) is 5.92 Å². The van der Waals surface area contributed by atoms with Gasteiger partial charge < -0.3 is 9.67 Å². The molecule has 0 aliphatic heterocycles. The molecule has 18 heavy (non-hydrogen) atoms. The Labute approximate surface area is 110 Å². The van der Waals surface area contributed by atoms with E-state index in [4.69, 9.17) is 16.7 Å². The van der Waals surface area contributed by atoms with E-state index in [0.29, 0.717) is 12.8 Å². The van der Waals surface area contributed by atoms with Crippen LogP contribution in [0.25, 0.3) is 10.9 Å². The first kappa shape index (κ1) is 11.6. The van der Waals surface area contributed by atoms with E-state index in [9.17, 15) is 4.79 Å². The summed E-state index contributed by atoms with van der Waals surface area (Å²) in [5.41, 5.74) is 3.55. The lowest BCUT2D eigenvalue weighted by Crippen LogP contribution is -2.23. The molecule has 1 aromatic heterocycles. The second-order valence-electron chi connectivity index (χ2n) is 4.92. The normalized spacial score (nSPS) is 18.9. The number of nitrogens with zero attached hydrogens (tertiary/aromatic N) is 1. The molecule has 1 unspecified atom stereocenters. The molecular formula is C14H14ClNO2. The maximum absolute atomic E-state index is 11.1. The highest BCUT2D eigenvalue weighted by atomic mass is 35.5. The third-order valence-electron chi connectivity index (χ3n) is 3.93. The van der Waals surface area contributed by atoms with Crippen LogP contribution < -0.4 is 0 Å². The Morgan fingerprint density at radius 1 is 1.50 bits per heavy atom. The molecule has 1 aliphatic rings. The van der Waals surface area contributed by atoms with Crippen LogP contribution in [0.1, 0.15) is 17.7 Å². The molecule has 1 aromatic carbocycles. The summed E-state index contributed by atoms with van der Waals surface area (Å²) in [5.74, 6) is -0.945. The van der Waals surface area contributed by atoms with Crippen molar-refractivity contribution < 1.29 is 9.90 Å². The average Bonchev–Trinajstić information content (AvgIpc) is 2.62. The topological polar surface area (TPSA) is 42.2 Å². The van der Waals surface area contributed by atoms with Crippen molar-refractivity contribution in [1.82, 2.24) is 4.57 Å². The van der Waals surface area contributed by atoms with Gasteiger partial charge in [-0.05, 0) is 36.6 Å². The lowest BCUT2D eigenvalue weighted by atomic mass is 9.87. The zero-order valence-corrected chi connectivity index (χ0v) is 10.9. The summed E-state index contributed by atoms with van der Waals surface area (Å²) < 4.78 is 2.11. The summed E-state index contributed by atoms with van der Waals surface area (Å²) in [4.78, 5) is 11.1. The predicted molar refractivity (Wildman–Crippen MR) is 71.1 cm³/mol. The molecule has 0 amide bonds. The van der Waals surface area contributed by atoms with Crippen LogP contribution in [0.15, 0.2) is 18.2 Å². The largest absolute Gasteiger partial charge is 0.481 e. The molecule has 3 nitrogen and oxygen atoms in total. The first-order valence-corrected chi connectivity index (χ1v) is 6.44. The number of carboxylic acid groups (broad SMARTS) is 1. The van der Waals surface area contributed by atoms with Crippen molar-refractivity contribution in [2.45, 2.75) is 19.3 Å². The van der Waals surface area contributed by atoms with E-state index in [1.807, 2.05) is 25.2 Å². The maximum atomic E-state index is 11.1. The summed E-state index contributed by atoms with van der Waals surface area (Å²) in [6, 6.07) is 5.87. The highest BCUT2D eigenvalue weighted by Crippen LogP contribution is 2.34. The van der Waals surface area contributed by atoms with Crippen molar-refractivity contribution in [3.05, 3.63) is 34.5 Å². The Balaban J connectivity index is 2.19. The minimum Gasteiger partial charge on any atom is -0.481 e. The Morgan fingerprint density at radius 2 is 2.28 bits per heavy atom. The van der Waals surface area contributed by atoms with Crippen LogP contribution in [0.4, 0.5) is 0 Å².